The summed E-state index contributed by atoms with van der Waals surface area (Å²) in [5, 5.41) is 9.32. The molecule has 1 aromatic carbocycles. The Balaban J connectivity index is 2.48. The first-order valence-electron chi connectivity index (χ1n) is 5.55. The monoisotopic (exact) mass is 327 g/mol. The van der Waals surface area contributed by atoms with Gasteiger partial charge in [0.05, 0.1) is 11.0 Å². The van der Waals surface area contributed by atoms with Gasteiger partial charge in [-0.15, -0.1) is 3.89 Å². The third kappa shape index (κ3) is 2.82. The molecule has 6 nitrogen and oxygen atoms in total. The second kappa shape index (κ2) is 5.02. The Kier molecular flexibility index (Phi) is 3.84. The first-order chi connectivity index (χ1) is 9.12. The number of rotatable bonds is 3. The molecule has 1 N–H and O–H groups in total. The Morgan fingerprint density at radius 3 is 2.40 bits per heavy atom. The van der Waals surface area contributed by atoms with E-state index in [4.69, 9.17) is 0 Å². The zero-order chi connectivity index (χ0) is 15.1. The summed E-state index contributed by atoms with van der Waals surface area (Å²) in [4.78, 5) is -1.86. The van der Waals surface area contributed by atoms with E-state index in [9.17, 15) is 30.2 Å². The number of benzene rings is 1. The van der Waals surface area contributed by atoms with Crippen LogP contribution in [0, 0.1) is 5.82 Å². The summed E-state index contributed by atoms with van der Waals surface area (Å²) >= 11 is 0. The maximum atomic E-state index is 13.2. The highest BCUT2D eigenvalue weighted by molar-refractivity contribution is 7.89. The van der Waals surface area contributed by atoms with Crippen LogP contribution in [-0.2, 0) is 20.2 Å². The van der Waals surface area contributed by atoms with E-state index in [-0.39, 0.29) is 19.5 Å². The Labute approximate surface area is 114 Å². The van der Waals surface area contributed by atoms with Crippen molar-refractivity contribution in [2.45, 2.75) is 22.3 Å². The van der Waals surface area contributed by atoms with E-state index in [1.165, 1.54) is 0 Å². The van der Waals surface area contributed by atoms with E-state index in [0.29, 0.717) is 12.1 Å². The molecule has 0 aliphatic carbocycles. The molecule has 1 heterocycles. The molecular formula is C10H11F2NO5S2. The normalized spacial score (nSPS) is 21.2. The van der Waals surface area contributed by atoms with E-state index < -0.39 is 42.0 Å². The van der Waals surface area contributed by atoms with E-state index in [0.717, 1.165) is 10.4 Å². The molecule has 0 amide bonds. The van der Waals surface area contributed by atoms with Crippen molar-refractivity contribution in [2.75, 3.05) is 13.1 Å². The van der Waals surface area contributed by atoms with Crippen molar-refractivity contribution in [3.05, 3.63) is 24.0 Å². The Morgan fingerprint density at radius 1 is 1.25 bits per heavy atom. The van der Waals surface area contributed by atoms with Gasteiger partial charge in [-0.1, -0.05) is 0 Å². The predicted octanol–water partition coefficient (Wildman–Crippen LogP) is 0.239. The third-order valence-electron chi connectivity index (χ3n) is 2.93. The fourth-order valence-corrected chi connectivity index (χ4v) is 4.07. The zero-order valence-corrected chi connectivity index (χ0v) is 11.7. The highest BCUT2D eigenvalue weighted by Crippen LogP contribution is 2.25. The Hall–Kier alpha value is -1.10. The number of aliphatic hydroxyl groups excluding tert-OH is 1. The van der Waals surface area contributed by atoms with Crippen LogP contribution in [0.25, 0.3) is 0 Å². The van der Waals surface area contributed by atoms with Crippen molar-refractivity contribution in [2.24, 2.45) is 0 Å². The third-order valence-corrected chi connectivity index (χ3v) is 5.63. The summed E-state index contributed by atoms with van der Waals surface area (Å²) in [7, 11) is -9.45. The van der Waals surface area contributed by atoms with Crippen molar-refractivity contribution in [3.8, 4) is 0 Å². The summed E-state index contributed by atoms with van der Waals surface area (Å²) in [6.07, 6.45) is -0.566. The Morgan fingerprint density at radius 2 is 1.90 bits per heavy atom. The minimum absolute atomic E-state index is 0.0542. The van der Waals surface area contributed by atoms with Crippen LogP contribution < -0.4 is 0 Å². The topological polar surface area (TPSA) is 91.8 Å². The summed E-state index contributed by atoms with van der Waals surface area (Å²) in [6.45, 7) is -0.0873. The van der Waals surface area contributed by atoms with Crippen molar-refractivity contribution in [1.82, 2.24) is 4.31 Å². The SMILES string of the molecule is O=S(=O)(F)c1cc(S(=O)(=O)N2CC[C@H](O)C2)ccc1F. The highest BCUT2D eigenvalue weighted by atomic mass is 32.3. The van der Waals surface area contributed by atoms with Gasteiger partial charge in [-0.05, 0) is 24.6 Å². The van der Waals surface area contributed by atoms with Gasteiger partial charge in [-0.25, -0.2) is 12.8 Å². The quantitative estimate of drug-likeness (QED) is 0.803. The number of nitrogens with zero attached hydrogens (tertiary/aromatic N) is 1. The lowest BCUT2D eigenvalue weighted by molar-refractivity contribution is 0.189. The molecule has 10 heteroatoms. The van der Waals surface area contributed by atoms with Crippen LogP contribution >= 0.6 is 0 Å². The lowest BCUT2D eigenvalue weighted by Gasteiger charge is -2.16. The Bertz CT molecular complexity index is 732. The van der Waals surface area contributed by atoms with Gasteiger partial charge in [0, 0.05) is 13.1 Å². The number of sulfonamides is 1. The van der Waals surface area contributed by atoms with Gasteiger partial charge in [0.2, 0.25) is 10.0 Å². The number of β-amino-alcohol motifs (C(OH)–C–C–N with tert-alkyl or cyclic N) is 1. The van der Waals surface area contributed by atoms with E-state index in [2.05, 4.69) is 0 Å². The van der Waals surface area contributed by atoms with Gasteiger partial charge >= 0.3 is 10.2 Å². The largest absolute Gasteiger partial charge is 0.392 e. The smallest absolute Gasteiger partial charge is 0.335 e. The molecule has 0 bridgehead atoms. The van der Waals surface area contributed by atoms with Crippen molar-refractivity contribution < 1.29 is 30.2 Å². The molecule has 1 aliphatic rings. The summed E-state index contributed by atoms with van der Waals surface area (Å²) in [6, 6.07) is 1.86. The average molecular weight is 327 g/mol. The minimum atomic E-state index is -5.36. The number of hydrogen-bond acceptors (Lipinski definition) is 5. The molecule has 20 heavy (non-hydrogen) atoms. The second-order valence-corrected chi connectivity index (χ2v) is 7.59. The average Bonchev–Trinajstić information content (AvgIpc) is 2.75. The van der Waals surface area contributed by atoms with Crippen LogP contribution in [-0.4, -0.2) is 45.4 Å². The van der Waals surface area contributed by atoms with Gasteiger partial charge in [-0.3, -0.25) is 0 Å². The van der Waals surface area contributed by atoms with Crippen LogP contribution in [0.3, 0.4) is 0 Å². The fourth-order valence-electron chi connectivity index (χ4n) is 1.91. The number of halogens is 2. The van der Waals surface area contributed by atoms with Crippen molar-refractivity contribution in [1.29, 1.82) is 0 Å². The number of aliphatic hydroxyl groups is 1. The van der Waals surface area contributed by atoms with E-state index in [1.807, 2.05) is 0 Å². The summed E-state index contributed by atoms with van der Waals surface area (Å²) in [5.74, 6) is -1.37. The van der Waals surface area contributed by atoms with E-state index >= 15 is 0 Å². The van der Waals surface area contributed by atoms with Crippen LogP contribution in [0.2, 0.25) is 0 Å². The minimum Gasteiger partial charge on any atom is -0.392 e. The molecule has 1 atom stereocenters. The molecule has 1 aromatic rings. The first-order valence-corrected chi connectivity index (χ1v) is 8.37. The second-order valence-electron chi connectivity index (χ2n) is 4.34. The summed E-state index contributed by atoms with van der Waals surface area (Å²) in [5.41, 5.74) is 0. The van der Waals surface area contributed by atoms with Gasteiger partial charge in [0.15, 0.2) is 0 Å². The van der Waals surface area contributed by atoms with Crippen LogP contribution in [0.15, 0.2) is 28.0 Å². The molecule has 0 radical (unpaired) electrons. The molecule has 0 aromatic heterocycles. The molecule has 0 saturated carbocycles. The van der Waals surface area contributed by atoms with Crippen LogP contribution in [0.5, 0.6) is 0 Å². The molecule has 1 saturated heterocycles. The van der Waals surface area contributed by atoms with Gasteiger partial charge < -0.3 is 5.11 Å². The highest BCUT2D eigenvalue weighted by Gasteiger charge is 2.33. The van der Waals surface area contributed by atoms with Gasteiger partial charge in [0.1, 0.15) is 10.7 Å². The maximum absolute atomic E-state index is 13.2. The predicted molar refractivity (Wildman–Crippen MR) is 64.1 cm³/mol. The molecule has 0 unspecified atom stereocenters. The number of hydrogen-bond donors (Lipinski definition) is 1. The lowest BCUT2D eigenvalue weighted by Crippen LogP contribution is -2.29. The standard InChI is InChI=1S/C10H11F2NO5S2/c11-9-2-1-8(5-10(9)19(12,15)16)20(17,18)13-4-3-7(14)6-13/h1-2,5,7,14H,3-4,6H2/t7-/m0/s1. The molecule has 1 fully saturated rings. The summed E-state index contributed by atoms with van der Waals surface area (Å²) < 4.78 is 72.8. The molecule has 1 aliphatic heterocycles. The molecule has 0 spiro atoms. The molecule has 112 valence electrons. The van der Waals surface area contributed by atoms with Crippen molar-refractivity contribution >= 4 is 20.2 Å². The van der Waals surface area contributed by atoms with Gasteiger partial charge in [-0.2, -0.15) is 12.7 Å². The van der Waals surface area contributed by atoms with Gasteiger partial charge in [0.25, 0.3) is 0 Å². The molecular weight excluding hydrogens is 316 g/mol. The fraction of sp³-hybridized carbons (Fsp3) is 0.400. The van der Waals surface area contributed by atoms with Crippen LogP contribution in [0.1, 0.15) is 6.42 Å². The maximum Gasteiger partial charge on any atom is 0.335 e. The van der Waals surface area contributed by atoms with Crippen LogP contribution in [0.4, 0.5) is 8.28 Å². The molecule has 2 rings (SSSR count). The van der Waals surface area contributed by atoms with Crippen molar-refractivity contribution in [3.63, 3.8) is 0 Å². The first kappa shape index (κ1) is 15.3. The van der Waals surface area contributed by atoms with E-state index in [1.54, 1.807) is 0 Å². The lowest BCUT2D eigenvalue weighted by atomic mass is 10.3. The zero-order valence-electron chi connectivity index (χ0n) is 10.0.